The molecule has 8 atom stereocenters. The van der Waals surface area contributed by atoms with Crippen molar-refractivity contribution >= 4 is 17.7 Å². The van der Waals surface area contributed by atoms with Gasteiger partial charge in [-0.25, -0.2) is 0 Å². The van der Waals surface area contributed by atoms with Crippen LogP contribution in [0, 0.1) is 50.7 Å². The van der Waals surface area contributed by atoms with E-state index in [4.69, 9.17) is 4.74 Å². The third kappa shape index (κ3) is 3.30. The Hall–Kier alpha value is -1.65. The van der Waals surface area contributed by atoms with Crippen LogP contribution in [-0.4, -0.2) is 28.9 Å². The number of carboxylic acids is 1. The fraction of sp³-hybridized carbons (Fsp3) is 0.844. The second kappa shape index (κ2) is 8.18. The summed E-state index contributed by atoms with van der Waals surface area (Å²) in [5, 5.41) is 10.5. The predicted molar refractivity (Wildman–Crippen MR) is 143 cm³/mol. The number of hydrogen-bond acceptors (Lipinski definition) is 4. The van der Waals surface area contributed by atoms with Gasteiger partial charge in [-0.05, 0) is 102 Å². The molecule has 0 amide bonds. The third-order valence-corrected chi connectivity index (χ3v) is 13.1. The summed E-state index contributed by atoms with van der Waals surface area (Å²) in [5.41, 5.74) is 0.992. The molecule has 0 radical (unpaired) electrons. The zero-order chi connectivity index (χ0) is 27.3. The number of esters is 1. The van der Waals surface area contributed by atoms with Gasteiger partial charge in [0.1, 0.15) is 6.10 Å². The number of aliphatic carboxylic acids is 1. The first-order valence-corrected chi connectivity index (χ1v) is 14.7. The van der Waals surface area contributed by atoms with Crippen molar-refractivity contribution < 1.29 is 24.2 Å². The van der Waals surface area contributed by atoms with Crippen LogP contribution in [0.25, 0.3) is 0 Å². The molecule has 4 saturated carbocycles. The second-order valence-electron chi connectivity index (χ2n) is 15.0. The lowest BCUT2D eigenvalue weighted by atomic mass is 9.33. The van der Waals surface area contributed by atoms with E-state index < -0.39 is 11.4 Å². The minimum absolute atomic E-state index is 0.0280. The number of ether oxygens (including phenoxy) is 1. The SMILES string of the molecule is CC(=O)O[C@H]1CC[C@@]2(C)C(CC[C@]3(C)C2CCC2C4=C(C(C)C)C(=O)C[C@]4(C(=O)O)CC[C@]23C)C1(C)C. The lowest BCUT2D eigenvalue weighted by Gasteiger charge is -2.72. The van der Waals surface area contributed by atoms with Crippen molar-refractivity contribution in [3.8, 4) is 0 Å². The van der Waals surface area contributed by atoms with E-state index in [2.05, 4.69) is 48.5 Å². The smallest absolute Gasteiger partial charge is 0.314 e. The molecular weight excluding hydrogens is 464 g/mol. The van der Waals surface area contributed by atoms with Crippen molar-refractivity contribution in [2.75, 3.05) is 0 Å². The molecule has 5 aliphatic rings. The van der Waals surface area contributed by atoms with Crippen LogP contribution in [0.4, 0.5) is 0 Å². The highest BCUT2D eigenvalue weighted by atomic mass is 16.5. The van der Waals surface area contributed by atoms with Gasteiger partial charge in [-0.1, -0.05) is 48.5 Å². The molecular formula is C32H48O5. The van der Waals surface area contributed by atoms with Crippen LogP contribution >= 0.6 is 0 Å². The lowest BCUT2D eigenvalue weighted by molar-refractivity contribution is -0.233. The van der Waals surface area contributed by atoms with E-state index in [1.165, 1.54) is 6.92 Å². The third-order valence-electron chi connectivity index (χ3n) is 13.1. The first-order valence-electron chi connectivity index (χ1n) is 14.7. The minimum Gasteiger partial charge on any atom is -0.481 e. The highest BCUT2D eigenvalue weighted by molar-refractivity contribution is 6.05. The Labute approximate surface area is 223 Å². The minimum atomic E-state index is -0.991. The molecule has 0 spiro atoms. The van der Waals surface area contributed by atoms with Crippen LogP contribution < -0.4 is 0 Å². The molecule has 4 fully saturated rings. The molecule has 1 N–H and O–H groups in total. The van der Waals surface area contributed by atoms with E-state index in [9.17, 15) is 19.5 Å². The largest absolute Gasteiger partial charge is 0.481 e. The average Bonchev–Trinajstić information content (AvgIpc) is 3.09. The number of Topliss-reactive ketones (excluding diaryl/α,β-unsaturated/α-hetero) is 1. The van der Waals surface area contributed by atoms with Gasteiger partial charge in [-0.3, -0.25) is 14.4 Å². The van der Waals surface area contributed by atoms with E-state index in [1.807, 2.05) is 0 Å². The van der Waals surface area contributed by atoms with E-state index in [0.717, 1.165) is 56.1 Å². The monoisotopic (exact) mass is 512 g/mol. The molecule has 0 aromatic heterocycles. The normalized spacial score (nSPS) is 46.6. The molecule has 206 valence electrons. The van der Waals surface area contributed by atoms with E-state index >= 15 is 0 Å². The molecule has 37 heavy (non-hydrogen) atoms. The van der Waals surface area contributed by atoms with Crippen molar-refractivity contribution in [2.45, 2.75) is 119 Å². The number of carbonyl (C=O) groups excluding carboxylic acids is 2. The van der Waals surface area contributed by atoms with E-state index in [1.54, 1.807) is 0 Å². The zero-order valence-corrected chi connectivity index (χ0v) is 24.3. The summed E-state index contributed by atoms with van der Waals surface area (Å²) in [6.45, 7) is 17.7. The standard InChI is InChI=1S/C32H48O5/c1-18(2)25-21(34)17-32(27(35)36)16-15-30(7)20(26(25)32)9-10-23-29(6)13-12-24(37-19(3)33)28(4,5)22(29)11-14-31(23,30)8/h18,20,22-24H,9-17H2,1-8H3,(H,35,36)/t20?,22?,23?,24-,29-,30+,31+,32+/m0/s1. The summed E-state index contributed by atoms with van der Waals surface area (Å²) < 4.78 is 5.86. The molecule has 0 heterocycles. The molecule has 3 unspecified atom stereocenters. The number of allylic oxidation sites excluding steroid dienone is 1. The van der Waals surface area contributed by atoms with Gasteiger partial charge in [-0.15, -0.1) is 0 Å². The molecule has 5 nitrogen and oxygen atoms in total. The maximum atomic E-state index is 13.3. The summed E-state index contributed by atoms with van der Waals surface area (Å²) in [6, 6.07) is 0. The van der Waals surface area contributed by atoms with Gasteiger partial charge in [0.25, 0.3) is 0 Å². The van der Waals surface area contributed by atoms with Gasteiger partial charge in [0.05, 0.1) is 5.41 Å². The first kappa shape index (κ1) is 26.9. The second-order valence-corrected chi connectivity index (χ2v) is 15.0. The fourth-order valence-electron chi connectivity index (χ4n) is 11.3. The highest BCUT2D eigenvalue weighted by Crippen LogP contribution is 2.76. The van der Waals surface area contributed by atoms with E-state index in [0.29, 0.717) is 18.3 Å². The van der Waals surface area contributed by atoms with Crippen molar-refractivity contribution in [3.05, 3.63) is 11.1 Å². The highest BCUT2D eigenvalue weighted by Gasteiger charge is 2.71. The summed E-state index contributed by atoms with van der Waals surface area (Å²) in [5.74, 6) is 0.341. The van der Waals surface area contributed by atoms with E-state index in [-0.39, 0.29) is 57.8 Å². The fourth-order valence-corrected chi connectivity index (χ4v) is 11.3. The number of hydrogen-bond donors (Lipinski definition) is 1. The van der Waals surface area contributed by atoms with Crippen molar-refractivity contribution in [1.82, 2.24) is 0 Å². The summed E-state index contributed by atoms with van der Waals surface area (Å²) in [4.78, 5) is 38.0. The summed E-state index contributed by atoms with van der Waals surface area (Å²) in [6.07, 6.45) is 7.82. The maximum absolute atomic E-state index is 13.3. The molecule has 5 aliphatic carbocycles. The van der Waals surface area contributed by atoms with Crippen LogP contribution in [-0.2, 0) is 19.1 Å². The van der Waals surface area contributed by atoms with Crippen LogP contribution in [0.5, 0.6) is 0 Å². The maximum Gasteiger partial charge on any atom is 0.314 e. The number of fused-ring (bicyclic) bond motifs is 7. The Bertz CT molecular complexity index is 1070. The van der Waals surface area contributed by atoms with Gasteiger partial charge in [-0.2, -0.15) is 0 Å². The zero-order valence-electron chi connectivity index (χ0n) is 24.3. The average molecular weight is 513 g/mol. The van der Waals surface area contributed by atoms with Gasteiger partial charge < -0.3 is 9.84 Å². The molecule has 0 bridgehead atoms. The molecule has 5 heteroatoms. The molecule has 5 rings (SSSR count). The predicted octanol–water partition coefficient (Wildman–Crippen LogP) is 6.98. The number of rotatable bonds is 3. The van der Waals surface area contributed by atoms with Crippen LogP contribution in [0.15, 0.2) is 11.1 Å². The Morgan fingerprint density at radius 1 is 0.892 bits per heavy atom. The number of ketones is 1. The quantitative estimate of drug-likeness (QED) is 0.413. The summed E-state index contributed by atoms with van der Waals surface area (Å²) >= 11 is 0. The van der Waals surface area contributed by atoms with Gasteiger partial charge >= 0.3 is 11.9 Å². The summed E-state index contributed by atoms with van der Waals surface area (Å²) in [7, 11) is 0. The topological polar surface area (TPSA) is 80.7 Å². The molecule has 0 aromatic carbocycles. The van der Waals surface area contributed by atoms with Gasteiger partial charge in [0, 0.05) is 18.8 Å². The first-order chi connectivity index (χ1) is 17.1. The lowest BCUT2D eigenvalue weighted by Crippen LogP contribution is -2.66. The molecule has 0 aliphatic heterocycles. The Kier molecular flexibility index (Phi) is 5.95. The van der Waals surface area contributed by atoms with Crippen LogP contribution in [0.1, 0.15) is 113 Å². The van der Waals surface area contributed by atoms with Gasteiger partial charge in [0.15, 0.2) is 5.78 Å². The Morgan fingerprint density at radius 3 is 2.16 bits per heavy atom. The molecule has 0 aromatic rings. The van der Waals surface area contributed by atoms with Crippen LogP contribution in [0.2, 0.25) is 0 Å². The number of carbonyl (C=O) groups is 3. The Morgan fingerprint density at radius 2 is 1.57 bits per heavy atom. The van der Waals surface area contributed by atoms with Crippen molar-refractivity contribution in [3.63, 3.8) is 0 Å². The van der Waals surface area contributed by atoms with Crippen molar-refractivity contribution in [1.29, 1.82) is 0 Å². The molecule has 0 saturated heterocycles. The van der Waals surface area contributed by atoms with Crippen molar-refractivity contribution in [2.24, 2.45) is 50.7 Å². The number of carboxylic acid groups (broad SMARTS) is 1. The van der Waals surface area contributed by atoms with Gasteiger partial charge in [0.2, 0.25) is 0 Å². The van der Waals surface area contributed by atoms with Crippen LogP contribution in [0.3, 0.4) is 0 Å². The Balaban J connectivity index is 1.57.